The third-order valence-electron chi connectivity index (χ3n) is 1.58. The molecule has 0 aliphatic heterocycles. The molecule has 0 unspecified atom stereocenters. The van der Waals surface area contributed by atoms with E-state index in [1.54, 1.807) is 0 Å². The monoisotopic (exact) mass is 251 g/mol. The van der Waals surface area contributed by atoms with Gasteiger partial charge < -0.3 is 10.5 Å². The van der Waals surface area contributed by atoms with Crippen molar-refractivity contribution >= 4 is 34.9 Å². The molecule has 3 nitrogen and oxygen atoms in total. The molecular formula is C9H8Cl2FNO2. The molecule has 0 aromatic heterocycles. The maximum Gasteiger partial charge on any atom is 0.339 e. The Morgan fingerprint density at radius 2 is 2.13 bits per heavy atom. The molecule has 0 saturated heterocycles. The van der Waals surface area contributed by atoms with Gasteiger partial charge in [0.15, 0.2) is 0 Å². The third-order valence-corrected chi connectivity index (χ3v) is 2.38. The van der Waals surface area contributed by atoms with Gasteiger partial charge in [-0.2, -0.15) is 0 Å². The van der Waals surface area contributed by atoms with Crippen molar-refractivity contribution in [2.45, 2.75) is 0 Å². The van der Waals surface area contributed by atoms with Crippen LogP contribution in [0.4, 0.5) is 10.1 Å². The molecule has 1 aromatic carbocycles. The van der Waals surface area contributed by atoms with Crippen LogP contribution in [0, 0.1) is 0 Å². The summed E-state index contributed by atoms with van der Waals surface area (Å²) >= 11 is 11.5. The maximum absolute atomic E-state index is 11.8. The van der Waals surface area contributed by atoms with Crippen molar-refractivity contribution in [3.05, 3.63) is 27.7 Å². The summed E-state index contributed by atoms with van der Waals surface area (Å²) in [5.74, 6) is -0.744. The summed E-state index contributed by atoms with van der Waals surface area (Å²) in [6.45, 7) is -1.07. The van der Waals surface area contributed by atoms with Crippen molar-refractivity contribution in [3.8, 4) is 0 Å². The van der Waals surface area contributed by atoms with Gasteiger partial charge in [0.05, 0.1) is 15.6 Å². The Balaban J connectivity index is 2.98. The zero-order valence-corrected chi connectivity index (χ0v) is 9.11. The summed E-state index contributed by atoms with van der Waals surface area (Å²) in [4.78, 5) is 11.3. The van der Waals surface area contributed by atoms with Gasteiger partial charge in [0.25, 0.3) is 0 Å². The van der Waals surface area contributed by atoms with Crippen LogP contribution in [0.3, 0.4) is 0 Å². The molecule has 0 atom stereocenters. The normalized spacial score (nSPS) is 10.1. The highest BCUT2D eigenvalue weighted by Crippen LogP contribution is 2.29. The number of carbonyl (C=O) groups is 1. The van der Waals surface area contributed by atoms with E-state index >= 15 is 0 Å². The SMILES string of the molecule is Nc1cc(Cl)c(Cl)c(C(=O)OCCF)c1. The van der Waals surface area contributed by atoms with Gasteiger partial charge in [-0.15, -0.1) is 0 Å². The van der Waals surface area contributed by atoms with Crippen LogP contribution in [0.5, 0.6) is 0 Å². The van der Waals surface area contributed by atoms with Crippen LogP contribution in [0.2, 0.25) is 10.0 Å². The number of esters is 1. The fourth-order valence-electron chi connectivity index (χ4n) is 0.968. The summed E-state index contributed by atoms with van der Waals surface area (Å²) in [5, 5.41) is 0.207. The quantitative estimate of drug-likeness (QED) is 0.664. The lowest BCUT2D eigenvalue weighted by Gasteiger charge is -2.06. The Bertz CT molecular complexity index is 385. The van der Waals surface area contributed by atoms with E-state index in [1.165, 1.54) is 12.1 Å². The molecule has 15 heavy (non-hydrogen) atoms. The molecule has 82 valence electrons. The zero-order valence-electron chi connectivity index (χ0n) is 7.60. The molecule has 0 heterocycles. The maximum atomic E-state index is 11.8. The number of carbonyl (C=O) groups excluding carboxylic acids is 1. The van der Waals surface area contributed by atoms with Crippen LogP contribution >= 0.6 is 23.2 Å². The van der Waals surface area contributed by atoms with Crippen LogP contribution in [0.1, 0.15) is 10.4 Å². The minimum atomic E-state index is -0.751. The van der Waals surface area contributed by atoms with Crippen molar-refractivity contribution < 1.29 is 13.9 Å². The number of anilines is 1. The van der Waals surface area contributed by atoms with Crippen LogP contribution in [0.15, 0.2) is 12.1 Å². The van der Waals surface area contributed by atoms with Crippen LogP contribution in [-0.2, 0) is 4.74 Å². The number of halogens is 3. The first kappa shape index (κ1) is 12.1. The van der Waals surface area contributed by atoms with E-state index in [4.69, 9.17) is 28.9 Å². The number of ether oxygens (including phenoxy) is 1. The Kier molecular flexibility index (Phi) is 4.17. The second-order valence-corrected chi connectivity index (χ2v) is 3.47. The molecule has 1 rings (SSSR count). The lowest BCUT2D eigenvalue weighted by atomic mass is 10.2. The molecule has 1 aromatic rings. The number of alkyl halides is 1. The molecule has 0 aliphatic carbocycles. The molecule has 0 fully saturated rings. The van der Waals surface area contributed by atoms with Gasteiger partial charge >= 0.3 is 5.97 Å². The minimum Gasteiger partial charge on any atom is -0.459 e. The number of nitrogens with two attached hydrogens (primary N) is 1. The highest BCUT2D eigenvalue weighted by atomic mass is 35.5. The van der Waals surface area contributed by atoms with E-state index in [0.29, 0.717) is 0 Å². The average molecular weight is 252 g/mol. The zero-order chi connectivity index (χ0) is 11.4. The minimum absolute atomic E-state index is 0.0371. The second-order valence-electron chi connectivity index (χ2n) is 2.69. The second kappa shape index (κ2) is 5.19. The van der Waals surface area contributed by atoms with Gasteiger partial charge in [0.1, 0.15) is 13.3 Å². The van der Waals surface area contributed by atoms with Gasteiger partial charge in [-0.05, 0) is 12.1 Å². The topological polar surface area (TPSA) is 52.3 Å². The van der Waals surface area contributed by atoms with Crippen LogP contribution < -0.4 is 5.73 Å². The smallest absolute Gasteiger partial charge is 0.339 e. The Morgan fingerprint density at radius 1 is 1.47 bits per heavy atom. The molecular weight excluding hydrogens is 244 g/mol. The fraction of sp³-hybridized carbons (Fsp3) is 0.222. The van der Waals surface area contributed by atoms with Crippen molar-refractivity contribution in [3.63, 3.8) is 0 Å². The summed E-state index contributed by atoms with van der Waals surface area (Å²) in [5.41, 5.74) is 5.80. The molecule has 0 radical (unpaired) electrons. The van der Waals surface area contributed by atoms with Crippen molar-refractivity contribution in [1.29, 1.82) is 0 Å². The Morgan fingerprint density at radius 3 is 2.73 bits per heavy atom. The average Bonchev–Trinajstić information content (AvgIpc) is 2.19. The number of rotatable bonds is 3. The third kappa shape index (κ3) is 2.97. The van der Waals surface area contributed by atoms with Crippen molar-refractivity contribution in [1.82, 2.24) is 0 Å². The van der Waals surface area contributed by atoms with Gasteiger partial charge in [-0.25, -0.2) is 9.18 Å². The van der Waals surface area contributed by atoms with E-state index in [-0.39, 0.29) is 27.9 Å². The molecule has 0 amide bonds. The van der Waals surface area contributed by atoms with E-state index in [9.17, 15) is 9.18 Å². The molecule has 6 heteroatoms. The highest BCUT2D eigenvalue weighted by Gasteiger charge is 2.15. The van der Waals surface area contributed by atoms with E-state index in [2.05, 4.69) is 4.74 Å². The number of nitrogen functional groups attached to an aromatic ring is 1. The van der Waals surface area contributed by atoms with Crippen molar-refractivity contribution in [2.24, 2.45) is 0 Å². The standard InChI is InChI=1S/C9H8Cl2FNO2/c10-7-4-5(13)3-6(8(7)11)9(14)15-2-1-12/h3-4H,1-2,13H2. The first-order valence-electron chi connectivity index (χ1n) is 4.04. The molecule has 2 N–H and O–H groups in total. The molecule has 0 spiro atoms. The van der Waals surface area contributed by atoms with Gasteiger partial charge in [0.2, 0.25) is 0 Å². The van der Waals surface area contributed by atoms with Gasteiger partial charge in [-0.1, -0.05) is 23.2 Å². The lowest BCUT2D eigenvalue weighted by molar-refractivity contribution is 0.0481. The lowest BCUT2D eigenvalue weighted by Crippen LogP contribution is -2.08. The molecule has 0 bridgehead atoms. The Labute approximate surface area is 95.9 Å². The summed E-state index contributed by atoms with van der Waals surface area (Å²) in [6, 6.07) is 2.74. The number of hydrogen-bond donors (Lipinski definition) is 1. The van der Waals surface area contributed by atoms with Crippen molar-refractivity contribution in [2.75, 3.05) is 19.0 Å². The first-order valence-corrected chi connectivity index (χ1v) is 4.79. The predicted molar refractivity (Wildman–Crippen MR) is 57.1 cm³/mol. The van der Waals surface area contributed by atoms with Gasteiger partial charge in [-0.3, -0.25) is 0 Å². The molecule has 0 aliphatic rings. The summed E-state index contributed by atoms with van der Waals surface area (Å²) in [7, 11) is 0. The van der Waals surface area contributed by atoms with Crippen LogP contribution in [-0.4, -0.2) is 19.3 Å². The fourth-order valence-corrected chi connectivity index (χ4v) is 1.38. The predicted octanol–water partition coefficient (Wildman–Crippen LogP) is 2.70. The van der Waals surface area contributed by atoms with E-state index in [1.807, 2.05) is 0 Å². The Hall–Kier alpha value is -1.00. The van der Waals surface area contributed by atoms with E-state index < -0.39 is 12.6 Å². The number of benzene rings is 1. The summed E-state index contributed by atoms with van der Waals surface area (Å²) in [6.07, 6.45) is 0. The summed E-state index contributed by atoms with van der Waals surface area (Å²) < 4.78 is 16.3. The van der Waals surface area contributed by atoms with E-state index in [0.717, 1.165) is 0 Å². The first-order chi connectivity index (χ1) is 7.06. The highest BCUT2D eigenvalue weighted by molar-refractivity contribution is 6.44. The largest absolute Gasteiger partial charge is 0.459 e. The van der Waals surface area contributed by atoms with Gasteiger partial charge in [0, 0.05) is 5.69 Å². The number of hydrogen-bond acceptors (Lipinski definition) is 3. The molecule has 0 saturated carbocycles. The van der Waals surface area contributed by atoms with Crippen LogP contribution in [0.25, 0.3) is 0 Å².